The zero-order valence-corrected chi connectivity index (χ0v) is 11.9. The number of benzene rings is 1. The van der Waals surface area contributed by atoms with Crippen molar-refractivity contribution in [2.75, 3.05) is 7.05 Å². The minimum absolute atomic E-state index is 0.555. The molecule has 2 rings (SSSR count). The minimum Gasteiger partial charge on any atom is -0.439 e. The molecule has 0 saturated heterocycles. The van der Waals surface area contributed by atoms with Gasteiger partial charge in [-0.05, 0) is 37.2 Å². The first-order chi connectivity index (χ1) is 9.22. The van der Waals surface area contributed by atoms with Crippen LogP contribution in [0.3, 0.4) is 0 Å². The first kappa shape index (κ1) is 13.8. The zero-order chi connectivity index (χ0) is 13.7. The van der Waals surface area contributed by atoms with Gasteiger partial charge in [-0.2, -0.15) is 0 Å². The molecule has 0 spiro atoms. The van der Waals surface area contributed by atoms with Gasteiger partial charge < -0.3 is 10.1 Å². The van der Waals surface area contributed by atoms with E-state index in [1.807, 2.05) is 19.2 Å². The Balaban J connectivity index is 2.15. The van der Waals surface area contributed by atoms with Crippen LogP contribution in [0, 0.1) is 0 Å². The summed E-state index contributed by atoms with van der Waals surface area (Å²) in [5, 5.41) is 3.67. The SMILES string of the molecule is CCc1ccc(Oc2ccc(Cl)c(CNC)n2)cc1. The van der Waals surface area contributed by atoms with Gasteiger partial charge in [0.2, 0.25) is 5.88 Å². The third-order valence-corrected chi connectivity index (χ3v) is 3.14. The number of aromatic nitrogens is 1. The molecule has 19 heavy (non-hydrogen) atoms. The summed E-state index contributed by atoms with van der Waals surface area (Å²) < 4.78 is 5.72. The number of hydrogen-bond donors (Lipinski definition) is 1. The molecule has 0 aliphatic heterocycles. The van der Waals surface area contributed by atoms with E-state index in [2.05, 4.69) is 29.4 Å². The van der Waals surface area contributed by atoms with Crippen LogP contribution >= 0.6 is 11.6 Å². The first-order valence-corrected chi connectivity index (χ1v) is 6.67. The number of hydrogen-bond acceptors (Lipinski definition) is 3. The molecule has 1 heterocycles. The average molecular weight is 277 g/mol. The molecule has 0 unspecified atom stereocenters. The van der Waals surface area contributed by atoms with E-state index in [-0.39, 0.29) is 0 Å². The minimum atomic E-state index is 0.555. The maximum atomic E-state index is 6.06. The summed E-state index contributed by atoms with van der Waals surface area (Å²) >= 11 is 6.06. The summed E-state index contributed by atoms with van der Waals surface area (Å²) in [4.78, 5) is 4.38. The van der Waals surface area contributed by atoms with Crippen molar-refractivity contribution in [3.63, 3.8) is 0 Å². The Bertz CT molecular complexity index is 540. The number of nitrogens with zero attached hydrogens (tertiary/aromatic N) is 1. The van der Waals surface area contributed by atoms with Gasteiger partial charge in [0.1, 0.15) is 5.75 Å². The van der Waals surface area contributed by atoms with E-state index in [9.17, 15) is 0 Å². The number of pyridine rings is 1. The van der Waals surface area contributed by atoms with Crippen LogP contribution in [0.25, 0.3) is 0 Å². The van der Waals surface area contributed by atoms with E-state index in [1.165, 1.54) is 5.56 Å². The summed E-state index contributed by atoms with van der Waals surface area (Å²) in [6.07, 6.45) is 1.02. The van der Waals surface area contributed by atoms with Gasteiger partial charge in [-0.1, -0.05) is 30.7 Å². The normalized spacial score (nSPS) is 10.5. The highest BCUT2D eigenvalue weighted by atomic mass is 35.5. The van der Waals surface area contributed by atoms with Crippen LogP contribution in [0.15, 0.2) is 36.4 Å². The number of nitrogens with one attached hydrogen (secondary N) is 1. The molecular formula is C15H17ClN2O. The van der Waals surface area contributed by atoms with Crippen molar-refractivity contribution < 1.29 is 4.74 Å². The molecule has 0 aliphatic rings. The van der Waals surface area contributed by atoms with E-state index in [0.717, 1.165) is 17.9 Å². The molecule has 0 fully saturated rings. The monoisotopic (exact) mass is 276 g/mol. The Morgan fingerprint density at radius 2 is 1.89 bits per heavy atom. The van der Waals surface area contributed by atoms with E-state index < -0.39 is 0 Å². The van der Waals surface area contributed by atoms with Crippen molar-refractivity contribution in [1.82, 2.24) is 10.3 Å². The van der Waals surface area contributed by atoms with Crippen LogP contribution in [0.2, 0.25) is 5.02 Å². The molecule has 0 radical (unpaired) electrons. The summed E-state index contributed by atoms with van der Waals surface area (Å²) in [6, 6.07) is 11.6. The number of halogens is 1. The van der Waals surface area contributed by atoms with Crippen LogP contribution in [-0.2, 0) is 13.0 Å². The predicted octanol–water partition coefficient (Wildman–Crippen LogP) is 3.81. The Hall–Kier alpha value is -1.58. The van der Waals surface area contributed by atoms with Gasteiger partial charge in [0.15, 0.2) is 0 Å². The molecule has 1 N–H and O–H groups in total. The van der Waals surface area contributed by atoms with Gasteiger partial charge in [-0.3, -0.25) is 0 Å². The van der Waals surface area contributed by atoms with Crippen LogP contribution in [0.1, 0.15) is 18.2 Å². The van der Waals surface area contributed by atoms with Gasteiger partial charge in [-0.15, -0.1) is 0 Å². The second-order valence-corrected chi connectivity index (χ2v) is 4.62. The number of ether oxygens (including phenoxy) is 1. The van der Waals surface area contributed by atoms with Gasteiger partial charge in [0.25, 0.3) is 0 Å². The molecule has 100 valence electrons. The largest absolute Gasteiger partial charge is 0.439 e. The molecule has 0 saturated carbocycles. The van der Waals surface area contributed by atoms with Crippen LogP contribution < -0.4 is 10.1 Å². The molecule has 3 nitrogen and oxygen atoms in total. The molecule has 0 amide bonds. The zero-order valence-electron chi connectivity index (χ0n) is 11.1. The lowest BCUT2D eigenvalue weighted by Crippen LogP contribution is -2.07. The quantitative estimate of drug-likeness (QED) is 0.902. The summed E-state index contributed by atoms with van der Waals surface area (Å²) in [6.45, 7) is 2.74. The highest BCUT2D eigenvalue weighted by molar-refractivity contribution is 6.31. The lowest BCUT2D eigenvalue weighted by Gasteiger charge is -2.08. The van der Waals surface area contributed by atoms with Crippen LogP contribution in [0.5, 0.6) is 11.6 Å². The second kappa shape index (κ2) is 6.55. The van der Waals surface area contributed by atoms with Crippen molar-refractivity contribution in [3.05, 3.63) is 52.7 Å². The fraction of sp³-hybridized carbons (Fsp3) is 0.267. The molecule has 1 aromatic heterocycles. The molecule has 0 aliphatic carbocycles. The molecule has 4 heteroatoms. The smallest absolute Gasteiger partial charge is 0.219 e. The van der Waals surface area contributed by atoms with Crippen molar-refractivity contribution in [3.8, 4) is 11.6 Å². The Morgan fingerprint density at radius 3 is 2.53 bits per heavy atom. The van der Waals surface area contributed by atoms with E-state index >= 15 is 0 Å². The fourth-order valence-corrected chi connectivity index (χ4v) is 1.90. The number of aryl methyl sites for hydroxylation is 1. The molecule has 0 atom stereocenters. The highest BCUT2D eigenvalue weighted by Gasteiger charge is 2.05. The van der Waals surface area contributed by atoms with Gasteiger partial charge in [0.05, 0.1) is 10.7 Å². The molecule has 2 aromatic rings. The maximum absolute atomic E-state index is 6.06. The summed E-state index contributed by atoms with van der Waals surface area (Å²) in [5.41, 5.74) is 2.07. The number of rotatable bonds is 5. The lowest BCUT2D eigenvalue weighted by molar-refractivity contribution is 0.460. The lowest BCUT2D eigenvalue weighted by atomic mass is 10.2. The Kier molecular flexibility index (Phi) is 4.77. The Morgan fingerprint density at radius 1 is 1.16 bits per heavy atom. The van der Waals surface area contributed by atoms with E-state index in [0.29, 0.717) is 17.4 Å². The van der Waals surface area contributed by atoms with Crippen LogP contribution in [-0.4, -0.2) is 12.0 Å². The molecular weight excluding hydrogens is 260 g/mol. The average Bonchev–Trinajstić information content (AvgIpc) is 2.44. The Labute approximate surface area is 118 Å². The van der Waals surface area contributed by atoms with E-state index in [4.69, 9.17) is 16.3 Å². The summed E-state index contributed by atoms with van der Waals surface area (Å²) in [7, 11) is 1.86. The third-order valence-electron chi connectivity index (χ3n) is 2.79. The topological polar surface area (TPSA) is 34.1 Å². The van der Waals surface area contributed by atoms with Gasteiger partial charge in [-0.25, -0.2) is 4.98 Å². The fourth-order valence-electron chi connectivity index (χ4n) is 1.73. The highest BCUT2D eigenvalue weighted by Crippen LogP contribution is 2.23. The van der Waals surface area contributed by atoms with E-state index in [1.54, 1.807) is 12.1 Å². The molecule has 1 aromatic carbocycles. The predicted molar refractivity (Wildman–Crippen MR) is 77.9 cm³/mol. The van der Waals surface area contributed by atoms with Crippen LogP contribution in [0.4, 0.5) is 0 Å². The van der Waals surface area contributed by atoms with Gasteiger partial charge >= 0.3 is 0 Å². The van der Waals surface area contributed by atoms with Crippen molar-refractivity contribution >= 4 is 11.6 Å². The van der Waals surface area contributed by atoms with Crippen molar-refractivity contribution in [2.45, 2.75) is 19.9 Å². The summed E-state index contributed by atoms with van der Waals surface area (Å²) in [5.74, 6) is 1.33. The van der Waals surface area contributed by atoms with Gasteiger partial charge in [0, 0.05) is 12.6 Å². The first-order valence-electron chi connectivity index (χ1n) is 6.29. The van der Waals surface area contributed by atoms with Crippen molar-refractivity contribution in [1.29, 1.82) is 0 Å². The maximum Gasteiger partial charge on any atom is 0.219 e. The second-order valence-electron chi connectivity index (χ2n) is 4.21. The third kappa shape index (κ3) is 3.69. The standard InChI is InChI=1S/C15H17ClN2O/c1-3-11-4-6-12(7-5-11)19-15-9-8-13(16)14(18-15)10-17-2/h4-9,17H,3,10H2,1-2H3. The van der Waals surface area contributed by atoms with Crippen molar-refractivity contribution in [2.24, 2.45) is 0 Å². The molecule has 0 bridgehead atoms.